The van der Waals surface area contributed by atoms with Crippen LogP contribution in [0, 0.1) is 20.8 Å². The Morgan fingerprint density at radius 2 is 1.26 bits per heavy atom. The lowest BCUT2D eigenvalue weighted by molar-refractivity contribution is 0.247. The molecular weight excluding hydrogens is 426 g/mol. The van der Waals surface area contributed by atoms with Gasteiger partial charge in [-0.2, -0.15) is 0 Å². The van der Waals surface area contributed by atoms with E-state index in [2.05, 4.69) is 135 Å². The van der Waals surface area contributed by atoms with Crippen molar-refractivity contribution in [2.75, 3.05) is 4.90 Å². The molecule has 0 aromatic heterocycles. The smallest absolute Gasteiger partial charge is 0.135 e. The van der Waals surface area contributed by atoms with E-state index in [1.54, 1.807) is 0 Å². The fraction of sp³-hybridized carbons (Fsp3) is 0.219. The largest absolute Gasteiger partial charge is 0.326 e. The normalized spacial score (nSPS) is 20.9. The fourth-order valence-corrected chi connectivity index (χ4v) is 6.13. The molecule has 0 amide bonds. The van der Waals surface area contributed by atoms with Crippen LogP contribution in [-0.4, -0.2) is 16.9 Å². The number of benzene rings is 4. The maximum atomic E-state index is 5.43. The molecule has 0 spiro atoms. The van der Waals surface area contributed by atoms with Crippen molar-refractivity contribution in [3.05, 3.63) is 130 Å². The average Bonchev–Trinajstić information content (AvgIpc) is 3.28. The van der Waals surface area contributed by atoms with E-state index in [1.807, 2.05) is 0 Å². The van der Waals surface area contributed by atoms with Crippen molar-refractivity contribution in [3.63, 3.8) is 0 Å². The van der Waals surface area contributed by atoms with Gasteiger partial charge < -0.3 is 9.80 Å². The average molecular weight is 458 g/mol. The zero-order valence-corrected chi connectivity index (χ0v) is 20.8. The SMILES string of the molecule is Cc1cc(C)c(N2c3ccccc3C3=N[C@@H](c4ccccc4)[C@H](c4ccccc4)N3C2C)c(C)c1. The Morgan fingerprint density at radius 1 is 0.686 bits per heavy atom. The molecule has 0 aliphatic carbocycles. The number of fused-ring (bicyclic) bond motifs is 3. The Bertz CT molecular complexity index is 1380. The molecule has 0 N–H and O–H groups in total. The number of aryl methyl sites for hydroxylation is 3. The van der Waals surface area contributed by atoms with Gasteiger partial charge in [0.05, 0.1) is 11.7 Å². The quantitative estimate of drug-likeness (QED) is 0.314. The van der Waals surface area contributed by atoms with Crippen LogP contribution in [-0.2, 0) is 0 Å². The van der Waals surface area contributed by atoms with Crippen molar-refractivity contribution in [1.29, 1.82) is 0 Å². The Hall–Kier alpha value is -3.85. The molecule has 3 heteroatoms. The predicted molar refractivity (Wildman–Crippen MR) is 145 cm³/mol. The molecular formula is C32H31N3. The van der Waals surface area contributed by atoms with Gasteiger partial charge in [-0.1, -0.05) is 90.5 Å². The second-order valence-corrected chi connectivity index (χ2v) is 9.84. The van der Waals surface area contributed by atoms with Crippen LogP contribution in [0.3, 0.4) is 0 Å². The van der Waals surface area contributed by atoms with E-state index >= 15 is 0 Å². The lowest BCUT2D eigenvalue weighted by Gasteiger charge is -2.47. The van der Waals surface area contributed by atoms with Crippen LogP contribution in [0.4, 0.5) is 11.4 Å². The first kappa shape index (κ1) is 21.7. The summed E-state index contributed by atoms with van der Waals surface area (Å²) in [7, 11) is 0. The third-order valence-electron chi connectivity index (χ3n) is 7.44. The van der Waals surface area contributed by atoms with Crippen molar-refractivity contribution in [2.45, 2.75) is 45.9 Å². The Labute approximate surface area is 208 Å². The molecule has 0 bridgehead atoms. The first-order chi connectivity index (χ1) is 17.0. The first-order valence-electron chi connectivity index (χ1n) is 12.5. The Balaban J connectivity index is 1.58. The number of para-hydroxylation sites is 1. The van der Waals surface area contributed by atoms with Crippen LogP contribution in [0.25, 0.3) is 0 Å². The van der Waals surface area contributed by atoms with Crippen LogP contribution in [0.1, 0.15) is 52.4 Å². The minimum Gasteiger partial charge on any atom is -0.326 e. The van der Waals surface area contributed by atoms with Crippen molar-refractivity contribution in [1.82, 2.24) is 4.90 Å². The summed E-state index contributed by atoms with van der Waals surface area (Å²) in [5.41, 5.74) is 10.2. The molecule has 0 saturated carbocycles. The topological polar surface area (TPSA) is 18.8 Å². The van der Waals surface area contributed by atoms with Crippen LogP contribution in [0.2, 0.25) is 0 Å². The van der Waals surface area contributed by atoms with Gasteiger partial charge in [-0.05, 0) is 62.1 Å². The molecule has 4 aromatic rings. The van der Waals surface area contributed by atoms with Gasteiger partial charge in [-0.15, -0.1) is 0 Å². The molecule has 0 saturated heterocycles. The molecule has 2 aliphatic rings. The van der Waals surface area contributed by atoms with Crippen molar-refractivity contribution in [3.8, 4) is 0 Å². The molecule has 1 unspecified atom stereocenters. The van der Waals surface area contributed by atoms with Crippen molar-refractivity contribution in [2.24, 2.45) is 4.99 Å². The summed E-state index contributed by atoms with van der Waals surface area (Å²) in [4.78, 5) is 10.5. The van der Waals surface area contributed by atoms with E-state index in [0.717, 1.165) is 5.84 Å². The van der Waals surface area contributed by atoms with E-state index < -0.39 is 0 Å². The second kappa shape index (κ2) is 8.42. The van der Waals surface area contributed by atoms with Gasteiger partial charge in [0.1, 0.15) is 18.0 Å². The molecule has 0 radical (unpaired) electrons. The van der Waals surface area contributed by atoms with E-state index in [0.29, 0.717) is 0 Å². The number of amidine groups is 1. The van der Waals surface area contributed by atoms with E-state index in [9.17, 15) is 0 Å². The molecule has 2 aliphatic heterocycles. The summed E-state index contributed by atoms with van der Waals surface area (Å²) in [6.45, 7) is 8.98. The lowest BCUT2D eigenvalue weighted by atomic mass is 9.92. The standard InChI is InChI=1S/C32H31N3/c1-21-19-22(2)30(23(3)20-21)34-24(4)35-31(26-15-9-6-10-16-26)29(25-13-7-5-8-14-25)33-32(35)27-17-11-12-18-28(27)34/h5-20,24,29,31H,1-4H3/t24?,29-,31-/m0/s1. The zero-order chi connectivity index (χ0) is 24.1. The summed E-state index contributed by atoms with van der Waals surface area (Å²) in [6.07, 6.45) is 0.0997. The van der Waals surface area contributed by atoms with E-state index in [4.69, 9.17) is 4.99 Å². The maximum Gasteiger partial charge on any atom is 0.135 e. The molecule has 3 atom stereocenters. The number of hydrogen-bond donors (Lipinski definition) is 0. The van der Waals surface area contributed by atoms with Gasteiger partial charge in [0.25, 0.3) is 0 Å². The molecule has 0 fully saturated rings. The highest BCUT2D eigenvalue weighted by Crippen LogP contribution is 2.50. The number of aliphatic imine (C=N–C) groups is 1. The lowest BCUT2D eigenvalue weighted by Crippen LogP contribution is -2.52. The summed E-state index contributed by atoms with van der Waals surface area (Å²) >= 11 is 0. The minimum absolute atomic E-state index is 0.0317. The predicted octanol–water partition coefficient (Wildman–Crippen LogP) is 7.65. The highest BCUT2D eigenvalue weighted by Gasteiger charge is 2.46. The van der Waals surface area contributed by atoms with E-state index in [-0.39, 0.29) is 18.2 Å². The minimum atomic E-state index is 0.0317. The fourth-order valence-electron chi connectivity index (χ4n) is 6.13. The molecule has 35 heavy (non-hydrogen) atoms. The van der Waals surface area contributed by atoms with Crippen molar-refractivity contribution < 1.29 is 0 Å². The zero-order valence-electron chi connectivity index (χ0n) is 20.8. The van der Waals surface area contributed by atoms with Gasteiger partial charge >= 0.3 is 0 Å². The summed E-state index contributed by atoms with van der Waals surface area (Å²) < 4.78 is 0. The number of anilines is 2. The van der Waals surface area contributed by atoms with Crippen molar-refractivity contribution >= 4 is 17.2 Å². The Kier molecular flexibility index (Phi) is 5.21. The second-order valence-electron chi connectivity index (χ2n) is 9.84. The number of hydrogen-bond acceptors (Lipinski definition) is 3. The molecule has 174 valence electrons. The highest BCUT2D eigenvalue weighted by atomic mass is 15.4. The van der Waals surface area contributed by atoms with Crippen LogP contribution in [0.15, 0.2) is 102 Å². The molecule has 4 aromatic carbocycles. The summed E-state index contributed by atoms with van der Waals surface area (Å²) in [5.74, 6) is 1.09. The van der Waals surface area contributed by atoms with Crippen LogP contribution < -0.4 is 4.90 Å². The number of nitrogens with zero attached hydrogens (tertiary/aromatic N) is 3. The molecule has 3 nitrogen and oxygen atoms in total. The summed E-state index contributed by atoms with van der Waals surface area (Å²) in [5, 5.41) is 0. The highest BCUT2D eigenvalue weighted by molar-refractivity contribution is 6.08. The molecule has 6 rings (SSSR count). The number of rotatable bonds is 3. The van der Waals surface area contributed by atoms with Gasteiger partial charge in [-0.3, -0.25) is 4.99 Å². The maximum absolute atomic E-state index is 5.43. The van der Waals surface area contributed by atoms with Gasteiger partial charge in [-0.25, -0.2) is 0 Å². The van der Waals surface area contributed by atoms with Gasteiger partial charge in [0, 0.05) is 11.3 Å². The molecule has 2 heterocycles. The van der Waals surface area contributed by atoms with Crippen LogP contribution in [0.5, 0.6) is 0 Å². The van der Waals surface area contributed by atoms with Crippen LogP contribution >= 0.6 is 0 Å². The summed E-state index contributed by atoms with van der Waals surface area (Å²) in [6, 6.07) is 35.1. The van der Waals surface area contributed by atoms with Gasteiger partial charge in [0.15, 0.2) is 0 Å². The monoisotopic (exact) mass is 457 g/mol. The van der Waals surface area contributed by atoms with E-state index in [1.165, 1.54) is 44.8 Å². The van der Waals surface area contributed by atoms with Gasteiger partial charge in [0.2, 0.25) is 0 Å². The Morgan fingerprint density at radius 3 is 1.91 bits per heavy atom. The third kappa shape index (κ3) is 3.46. The first-order valence-corrected chi connectivity index (χ1v) is 12.5. The third-order valence-corrected chi connectivity index (χ3v) is 7.44.